The van der Waals surface area contributed by atoms with E-state index in [1.54, 1.807) is 41.1 Å². The van der Waals surface area contributed by atoms with Gasteiger partial charge in [-0.15, -0.1) is 0 Å². The Morgan fingerprint density at radius 1 is 1.03 bits per heavy atom. The number of nitrogens with one attached hydrogen (secondary N) is 2. The number of amides is 2. The highest BCUT2D eigenvalue weighted by atomic mass is 19.1. The van der Waals surface area contributed by atoms with Crippen LogP contribution >= 0.6 is 0 Å². The lowest BCUT2D eigenvalue weighted by Crippen LogP contribution is -2.17. The molecule has 2 aromatic carbocycles. The monoisotopic (exact) mass is 408 g/mol. The number of nitrogens with zero attached hydrogens (tertiary/aromatic N) is 2. The number of anilines is 2. The van der Waals surface area contributed by atoms with Crippen LogP contribution in [0.4, 0.5) is 15.8 Å². The van der Waals surface area contributed by atoms with E-state index in [4.69, 9.17) is 4.74 Å². The van der Waals surface area contributed by atoms with E-state index >= 15 is 0 Å². The van der Waals surface area contributed by atoms with Crippen molar-refractivity contribution < 1.29 is 18.7 Å². The van der Waals surface area contributed by atoms with Crippen LogP contribution in [0.15, 0.2) is 48.5 Å². The minimum Gasteiger partial charge on any atom is -0.375 e. The highest BCUT2D eigenvalue weighted by Gasteiger charge is 2.27. The third-order valence-corrected chi connectivity index (χ3v) is 4.92. The van der Waals surface area contributed by atoms with Gasteiger partial charge < -0.3 is 15.4 Å². The van der Waals surface area contributed by atoms with Gasteiger partial charge in [-0.2, -0.15) is 5.10 Å². The number of methoxy groups -OCH3 is 1. The summed E-state index contributed by atoms with van der Waals surface area (Å²) in [6.07, 6.45) is 2.55. The van der Waals surface area contributed by atoms with Gasteiger partial charge in [0, 0.05) is 29.7 Å². The topological polar surface area (TPSA) is 85.2 Å². The number of hydrogen-bond donors (Lipinski definition) is 2. The molecule has 30 heavy (non-hydrogen) atoms. The summed E-state index contributed by atoms with van der Waals surface area (Å²) in [5, 5.41) is 10.1. The molecule has 0 radical (unpaired) electrons. The number of carbonyl (C=O) groups excluding carboxylic acids is 2. The Balaban J connectivity index is 1.52. The van der Waals surface area contributed by atoms with Crippen molar-refractivity contribution in [1.82, 2.24) is 9.78 Å². The second-order valence-corrected chi connectivity index (χ2v) is 7.03. The first-order valence-corrected chi connectivity index (χ1v) is 9.62. The van der Waals surface area contributed by atoms with E-state index in [0.29, 0.717) is 17.1 Å². The third-order valence-electron chi connectivity index (χ3n) is 4.92. The first kappa shape index (κ1) is 19.8. The SMILES string of the molecule is COCC(=O)Nc1ccc(NC(=O)c2nn(-c3ccc(F)cc3)c3c2CCC3)cc1. The van der Waals surface area contributed by atoms with E-state index in [1.807, 2.05) is 0 Å². The molecule has 0 spiro atoms. The van der Waals surface area contributed by atoms with E-state index < -0.39 is 0 Å². The number of aromatic nitrogens is 2. The fraction of sp³-hybridized carbons (Fsp3) is 0.227. The minimum atomic E-state index is -0.317. The van der Waals surface area contributed by atoms with Crippen molar-refractivity contribution >= 4 is 23.2 Å². The molecule has 8 heteroatoms. The molecule has 7 nitrogen and oxygen atoms in total. The van der Waals surface area contributed by atoms with Crippen molar-refractivity contribution in [3.63, 3.8) is 0 Å². The molecule has 1 aliphatic carbocycles. The van der Waals surface area contributed by atoms with E-state index in [-0.39, 0.29) is 24.2 Å². The summed E-state index contributed by atoms with van der Waals surface area (Å²) in [5.41, 5.74) is 4.22. The van der Waals surface area contributed by atoms with Crippen molar-refractivity contribution in [2.75, 3.05) is 24.4 Å². The number of ether oxygens (including phenoxy) is 1. The molecule has 0 bridgehead atoms. The predicted octanol–water partition coefficient (Wildman–Crippen LogP) is 3.34. The van der Waals surface area contributed by atoms with Crippen LogP contribution in [0, 0.1) is 5.82 Å². The fourth-order valence-corrected chi connectivity index (χ4v) is 3.57. The van der Waals surface area contributed by atoms with E-state index in [2.05, 4.69) is 15.7 Å². The van der Waals surface area contributed by atoms with Gasteiger partial charge in [0.1, 0.15) is 12.4 Å². The maximum Gasteiger partial charge on any atom is 0.276 e. The van der Waals surface area contributed by atoms with Gasteiger partial charge in [0.25, 0.3) is 5.91 Å². The minimum absolute atomic E-state index is 0.0275. The maximum absolute atomic E-state index is 13.3. The first-order chi connectivity index (χ1) is 14.5. The predicted molar refractivity (Wildman–Crippen MR) is 110 cm³/mol. The molecule has 1 aromatic heterocycles. The summed E-state index contributed by atoms with van der Waals surface area (Å²) in [4.78, 5) is 24.5. The van der Waals surface area contributed by atoms with E-state index in [9.17, 15) is 14.0 Å². The molecule has 1 heterocycles. The lowest BCUT2D eigenvalue weighted by molar-refractivity contribution is -0.119. The van der Waals surface area contributed by atoms with Gasteiger partial charge >= 0.3 is 0 Å². The average Bonchev–Trinajstić information content (AvgIpc) is 3.33. The highest BCUT2D eigenvalue weighted by molar-refractivity contribution is 6.04. The van der Waals surface area contributed by atoms with E-state index in [1.165, 1.54) is 19.2 Å². The molecular formula is C22H21FN4O3. The van der Waals surface area contributed by atoms with Gasteiger partial charge in [0.15, 0.2) is 5.69 Å². The van der Waals surface area contributed by atoms with Crippen molar-refractivity contribution in [3.8, 4) is 5.69 Å². The van der Waals surface area contributed by atoms with Crippen LogP contribution in [-0.2, 0) is 22.4 Å². The summed E-state index contributed by atoms with van der Waals surface area (Å²) in [6.45, 7) is -0.0275. The lowest BCUT2D eigenvalue weighted by atomic mass is 10.2. The van der Waals surface area contributed by atoms with Gasteiger partial charge in [-0.05, 0) is 67.8 Å². The first-order valence-electron chi connectivity index (χ1n) is 9.62. The van der Waals surface area contributed by atoms with Gasteiger partial charge in [0.2, 0.25) is 5.91 Å². The second-order valence-electron chi connectivity index (χ2n) is 7.03. The van der Waals surface area contributed by atoms with Crippen LogP contribution in [-0.4, -0.2) is 35.3 Å². The molecule has 0 saturated carbocycles. The van der Waals surface area contributed by atoms with Crippen molar-refractivity contribution in [1.29, 1.82) is 0 Å². The molecular weight excluding hydrogens is 387 g/mol. The molecule has 154 valence electrons. The normalized spacial score (nSPS) is 12.5. The fourth-order valence-electron chi connectivity index (χ4n) is 3.57. The Morgan fingerprint density at radius 3 is 2.37 bits per heavy atom. The Hall–Kier alpha value is -3.52. The Kier molecular flexibility index (Phi) is 5.58. The molecule has 1 aliphatic rings. The van der Waals surface area contributed by atoms with Crippen LogP contribution in [0.25, 0.3) is 5.69 Å². The van der Waals surface area contributed by atoms with Crippen LogP contribution in [0.3, 0.4) is 0 Å². The van der Waals surface area contributed by atoms with Crippen molar-refractivity contribution in [2.24, 2.45) is 0 Å². The summed E-state index contributed by atoms with van der Waals surface area (Å²) in [5.74, 6) is -0.872. The number of rotatable bonds is 6. The maximum atomic E-state index is 13.3. The summed E-state index contributed by atoms with van der Waals surface area (Å²) in [6, 6.07) is 12.9. The standard InChI is InChI=1S/C22H21FN4O3/c1-30-13-20(28)24-15-7-9-16(10-8-15)25-22(29)21-18-3-2-4-19(18)27(26-21)17-11-5-14(23)6-12-17/h5-12H,2-4,13H2,1H3,(H,24,28)(H,25,29). The van der Waals surface area contributed by atoms with Crippen LogP contribution < -0.4 is 10.6 Å². The van der Waals surface area contributed by atoms with Crippen LogP contribution in [0.5, 0.6) is 0 Å². The molecule has 4 rings (SSSR count). The van der Waals surface area contributed by atoms with Crippen molar-refractivity contribution in [2.45, 2.75) is 19.3 Å². The van der Waals surface area contributed by atoms with Crippen molar-refractivity contribution in [3.05, 3.63) is 71.3 Å². The van der Waals surface area contributed by atoms with Gasteiger partial charge in [0.05, 0.1) is 5.69 Å². The third kappa shape index (κ3) is 4.08. The molecule has 2 N–H and O–H groups in total. The zero-order valence-electron chi connectivity index (χ0n) is 16.4. The molecule has 0 saturated heterocycles. The molecule has 0 aliphatic heterocycles. The summed E-state index contributed by atoms with van der Waals surface area (Å²) < 4.78 is 19.8. The molecule has 2 amide bonds. The number of benzene rings is 2. The quantitative estimate of drug-likeness (QED) is 0.655. The van der Waals surface area contributed by atoms with E-state index in [0.717, 1.165) is 36.2 Å². The summed E-state index contributed by atoms with van der Waals surface area (Å²) in [7, 11) is 1.45. The molecule has 0 unspecified atom stereocenters. The number of hydrogen-bond acceptors (Lipinski definition) is 4. The zero-order chi connectivity index (χ0) is 21.1. The lowest BCUT2D eigenvalue weighted by Gasteiger charge is -2.07. The number of fused-ring (bicyclic) bond motifs is 1. The zero-order valence-corrected chi connectivity index (χ0v) is 16.4. The smallest absolute Gasteiger partial charge is 0.276 e. The molecule has 3 aromatic rings. The largest absolute Gasteiger partial charge is 0.375 e. The van der Waals surface area contributed by atoms with Crippen LogP contribution in [0.2, 0.25) is 0 Å². The highest BCUT2D eigenvalue weighted by Crippen LogP contribution is 2.28. The van der Waals surface area contributed by atoms with Crippen LogP contribution in [0.1, 0.15) is 28.2 Å². The second kappa shape index (κ2) is 8.46. The Bertz CT molecular complexity index is 1080. The van der Waals surface area contributed by atoms with Gasteiger partial charge in [-0.3, -0.25) is 9.59 Å². The van der Waals surface area contributed by atoms with Gasteiger partial charge in [-0.1, -0.05) is 0 Å². The molecule has 0 atom stereocenters. The number of halogens is 1. The average molecular weight is 408 g/mol. The van der Waals surface area contributed by atoms with Gasteiger partial charge in [-0.25, -0.2) is 9.07 Å². The number of carbonyl (C=O) groups is 2. The Morgan fingerprint density at radius 2 is 1.70 bits per heavy atom. The molecule has 0 fully saturated rings. The summed E-state index contributed by atoms with van der Waals surface area (Å²) >= 11 is 0. The Labute approximate surface area is 172 Å².